The predicted molar refractivity (Wildman–Crippen MR) is 97.2 cm³/mol. The van der Waals surface area contributed by atoms with Crippen LogP contribution in [0.3, 0.4) is 0 Å². The molecule has 5 nitrogen and oxygen atoms in total. The molecule has 1 aromatic heterocycles. The number of aromatic nitrogens is 1. The number of aryl methyl sites for hydroxylation is 2. The first-order valence-electron chi connectivity index (χ1n) is 8.68. The first-order chi connectivity index (χ1) is 11.2. The van der Waals surface area contributed by atoms with Crippen molar-refractivity contribution in [2.24, 2.45) is 4.99 Å². The van der Waals surface area contributed by atoms with E-state index in [4.69, 9.17) is 4.74 Å². The van der Waals surface area contributed by atoms with E-state index in [9.17, 15) is 0 Å². The topological polar surface area (TPSA) is 58.5 Å². The molecule has 0 aliphatic heterocycles. The molecular formula is C17H30N4OS. The average molecular weight is 339 g/mol. The Labute approximate surface area is 144 Å². The lowest BCUT2D eigenvalue weighted by Crippen LogP contribution is -2.37. The molecule has 1 aliphatic carbocycles. The van der Waals surface area contributed by atoms with Gasteiger partial charge in [-0.2, -0.15) is 0 Å². The van der Waals surface area contributed by atoms with Crippen LogP contribution < -0.4 is 10.6 Å². The molecule has 1 heterocycles. The molecule has 130 valence electrons. The molecule has 0 atom stereocenters. The summed E-state index contributed by atoms with van der Waals surface area (Å²) in [7, 11) is 1.80. The highest BCUT2D eigenvalue weighted by Gasteiger charge is 2.13. The second kappa shape index (κ2) is 9.88. The average Bonchev–Trinajstić information content (AvgIpc) is 2.89. The van der Waals surface area contributed by atoms with E-state index < -0.39 is 0 Å². The van der Waals surface area contributed by atoms with Crippen molar-refractivity contribution in [3.8, 4) is 0 Å². The number of ether oxygens (including phenoxy) is 1. The molecule has 0 unspecified atom stereocenters. The summed E-state index contributed by atoms with van der Waals surface area (Å²) in [6, 6.07) is 0. The maximum atomic E-state index is 5.93. The van der Waals surface area contributed by atoms with E-state index >= 15 is 0 Å². The van der Waals surface area contributed by atoms with Crippen LogP contribution in [0, 0.1) is 13.8 Å². The molecule has 0 amide bonds. The maximum Gasteiger partial charge on any atom is 0.191 e. The number of nitrogens with zero attached hydrogens (tertiary/aromatic N) is 2. The summed E-state index contributed by atoms with van der Waals surface area (Å²) in [5.74, 6) is 0.827. The van der Waals surface area contributed by atoms with Gasteiger partial charge < -0.3 is 15.4 Å². The van der Waals surface area contributed by atoms with E-state index in [0.717, 1.165) is 42.8 Å². The lowest BCUT2D eigenvalue weighted by atomic mass is 9.98. The van der Waals surface area contributed by atoms with Crippen molar-refractivity contribution in [1.29, 1.82) is 0 Å². The van der Waals surface area contributed by atoms with E-state index in [1.54, 1.807) is 18.4 Å². The first kappa shape index (κ1) is 18.2. The van der Waals surface area contributed by atoms with Gasteiger partial charge in [-0.1, -0.05) is 19.3 Å². The molecule has 0 spiro atoms. The quantitative estimate of drug-likeness (QED) is 0.455. The Bertz CT molecular complexity index is 475. The van der Waals surface area contributed by atoms with Gasteiger partial charge in [0.2, 0.25) is 0 Å². The summed E-state index contributed by atoms with van der Waals surface area (Å²) in [4.78, 5) is 10.1. The lowest BCUT2D eigenvalue weighted by molar-refractivity contribution is 0.0277. The fourth-order valence-corrected chi connectivity index (χ4v) is 3.63. The van der Waals surface area contributed by atoms with E-state index in [-0.39, 0.29) is 0 Å². The highest BCUT2D eigenvalue weighted by molar-refractivity contribution is 7.11. The predicted octanol–water partition coefficient (Wildman–Crippen LogP) is 3.16. The van der Waals surface area contributed by atoms with Crippen LogP contribution in [0.15, 0.2) is 4.99 Å². The lowest BCUT2D eigenvalue weighted by Gasteiger charge is -2.22. The number of guanidine groups is 1. The Balaban J connectivity index is 1.57. The fourth-order valence-electron chi connectivity index (χ4n) is 2.76. The van der Waals surface area contributed by atoms with Crippen molar-refractivity contribution in [2.75, 3.05) is 20.2 Å². The number of thiazole rings is 1. The summed E-state index contributed by atoms with van der Waals surface area (Å²) in [6.07, 6.45) is 8.02. The number of hydrogen-bond acceptors (Lipinski definition) is 4. The molecule has 23 heavy (non-hydrogen) atoms. The summed E-state index contributed by atoms with van der Waals surface area (Å²) >= 11 is 1.74. The van der Waals surface area contributed by atoms with Crippen molar-refractivity contribution in [3.05, 3.63) is 15.6 Å². The van der Waals surface area contributed by atoms with Gasteiger partial charge in [0, 0.05) is 25.1 Å². The number of rotatable bonds is 7. The number of nitrogens with one attached hydrogen (secondary N) is 2. The highest BCUT2D eigenvalue weighted by Crippen LogP contribution is 2.20. The molecular weight excluding hydrogens is 308 g/mol. The van der Waals surface area contributed by atoms with Crippen LogP contribution in [-0.4, -0.2) is 37.2 Å². The third kappa shape index (κ3) is 6.47. The largest absolute Gasteiger partial charge is 0.378 e. The van der Waals surface area contributed by atoms with Crippen LogP contribution >= 0.6 is 11.3 Å². The number of aliphatic imine (C=N–C) groups is 1. The smallest absolute Gasteiger partial charge is 0.191 e. The minimum absolute atomic E-state index is 0.498. The molecule has 1 aliphatic rings. The normalized spacial score (nSPS) is 16.6. The summed E-state index contributed by atoms with van der Waals surface area (Å²) in [6.45, 7) is 6.59. The molecule has 1 fully saturated rings. The molecule has 1 aromatic rings. The van der Waals surface area contributed by atoms with E-state index in [2.05, 4.69) is 34.5 Å². The SMILES string of the molecule is CN=C(NCCCOC1CCCCC1)NCc1nc(C)c(C)s1. The second-order valence-corrected chi connectivity index (χ2v) is 7.37. The minimum atomic E-state index is 0.498. The molecule has 0 saturated heterocycles. The van der Waals surface area contributed by atoms with E-state index in [1.807, 2.05) is 0 Å². The maximum absolute atomic E-state index is 5.93. The van der Waals surface area contributed by atoms with Gasteiger partial charge in [0.15, 0.2) is 5.96 Å². The first-order valence-corrected chi connectivity index (χ1v) is 9.49. The van der Waals surface area contributed by atoms with Crippen LogP contribution in [0.4, 0.5) is 0 Å². The van der Waals surface area contributed by atoms with Crippen LogP contribution in [0.2, 0.25) is 0 Å². The third-order valence-corrected chi connectivity index (χ3v) is 5.30. The van der Waals surface area contributed by atoms with Gasteiger partial charge in [-0.05, 0) is 33.1 Å². The summed E-state index contributed by atoms with van der Waals surface area (Å²) in [5.41, 5.74) is 1.12. The van der Waals surface area contributed by atoms with Crippen LogP contribution in [0.5, 0.6) is 0 Å². The zero-order chi connectivity index (χ0) is 16.5. The van der Waals surface area contributed by atoms with Crippen LogP contribution in [0.25, 0.3) is 0 Å². The molecule has 0 bridgehead atoms. The monoisotopic (exact) mass is 338 g/mol. The molecule has 6 heteroatoms. The zero-order valence-corrected chi connectivity index (χ0v) is 15.5. The second-order valence-electron chi connectivity index (χ2n) is 6.09. The van der Waals surface area contributed by atoms with Gasteiger partial charge in [-0.25, -0.2) is 4.98 Å². The molecule has 0 radical (unpaired) electrons. The van der Waals surface area contributed by atoms with Gasteiger partial charge in [-0.3, -0.25) is 4.99 Å². The zero-order valence-electron chi connectivity index (χ0n) is 14.7. The van der Waals surface area contributed by atoms with Crippen LogP contribution in [-0.2, 0) is 11.3 Å². The van der Waals surface area contributed by atoms with Crippen molar-refractivity contribution in [2.45, 2.75) is 65.0 Å². The highest BCUT2D eigenvalue weighted by atomic mass is 32.1. The number of hydrogen-bond donors (Lipinski definition) is 2. The van der Waals surface area contributed by atoms with Crippen molar-refractivity contribution >= 4 is 17.3 Å². The molecule has 0 aromatic carbocycles. The molecule has 2 N–H and O–H groups in total. The van der Waals surface area contributed by atoms with Gasteiger partial charge in [0.05, 0.1) is 18.3 Å². The Kier molecular flexibility index (Phi) is 7.82. The van der Waals surface area contributed by atoms with Crippen molar-refractivity contribution in [3.63, 3.8) is 0 Å². The Morgan fingerprint density at radius 2 is 2.04 bits per heavy atom. The third-order valence-electron chi connectivity index (χ3n) is 4.22. The van der Waals surface area contributed by atoms with Gasteiger partial charge in [0.1, 0.15) is 5.01 Å². The standard InChI is InChI=1S/C17H30N4OS/c1-13-14(2)23-16(21-13)12-20-17(18-3)19-10-7-11-22-15-8-5-4-6-9-15/h15H,4-12H2,1-3H3,(H2,18,19,20). The van der Waals surface area contributed by atoms with Gasteiger partial charge in [0.25, 0.3) is 0 Å². The minimum Gasteiger partial charge on any atom is -0.378 e. The van der Waals surface area contributed by atoms with Crippen molar-refractivity contribution < 1.29 is 4.74 Å². The summed E-state index contributed by atoms with van der Waals surface area (Å²) < 4.78 is 5.93. The fraction of sp³-hybridized carbons (Fsp3) is 0.765. The summed E-state index contributed by atoms with van der Waals surface area (Å²) in [5, 5.41) is 7.75. The van der Waals surface area contributed by atoms with E-state index in [0.29, 0.717) is 6.10 Å². The molecule has 1 saturated carbocycles. The van der Waals surface area contributed by atoms with Gasteiger partial charge in [-0.15, -0.1) is 11.3 Å². The Morgan fingerprint density at radius 3 is 2.70 bits per heavy atom. The Morgan fingerprint density at radius 1 is 1.26 bits per heavy atom. The Hall–Kier alpha value is -1.14. The molecule has 2 rings (SSSR count). The van der Waals surface area contributed by atoms with Gasteiger partial charge >= 0.3 is 0 Å². The van der Waals surface area contributed by atoms with Crippen molar-refractivity contribution in [1.82, 2.24) is 15.6 Å². The van der Waals surface area contributed by atoms with E-state index in [1.165, 1.54) is 37.0 Å². The van der Waals surface area contributed by atoms with Crippen LogP contribution in [0.1, 0.15) is 54.1 Å².